The molecule has 0 aromatic heterocycles. The molecule has 0 aromatic carbocycles. The van der Waals surface area contributed by atoms with Crippen LogP contribution in [0.15, 0.2) is 12.7 Å². The second-order valence-electron chi connectivity index (χ2n) is 2.97. The molecule has 0 aliphatic heterocycles. The fourth-order valence-corrected chi connectivity index (χ4v) is 1.25. The summed E-state index contributed by atoms with van der Waals surface area (Å²) < 4.78 is 14.9. The summed E-state index contributed by atoms with van der Waals surface area (Å²) >= 11 is 0. The molecular weight excluding hydrogens is 209 g/mol. The van der Waals surface area contributed by atoms with Crippen LogP contribution in [0.4, 0.5) is 0 Å². The maximum Gasteiger partial charge on any atom is 0.471 e. The summed E-state index contributed by atoms with van der Waals surface area (Å²) in [5.74, 6) is -0.802. The molecule has 0 aromatic rings. The van der Waals surface area contributed by atoms with Crippen molar-refractivity contribution in [2.45, 2.75) is 20.1 Å². The quantitative estimate of drug-likeness (QED) is 0.355. The second-order valence-corrected chi connectivity index (χ2v) is 4.17. The first kappa shape index (κ1) is 13.3. The van der Waals surface area contributed by atoms with Gasteiger partial charge in [-0.25, -0.2) is 4.57 Å². The van der Waals surface area contributed by atoms with Crippen LogP contribution in [-0.2, 0) is 13.9 Å². The Kier molecular flexibility index (Phi) is 5.01. The maximum atomic E-state index is 10.9. The molecule has 0 aliphatic rings. The molecule has 6 nitrogen and oxygen atoms in total. The van der Waals surface area contributed by atoms with E-state index in [1.54, 1.807) is 13.8 Å². The van der Waals surface area contributed by atoms with E-state index in [0.717, 1.165) is 6.08 Å². The summed E-state index contributed by atoms with van der Waals surface area (Å²) in [5.41, 5.74) is 0. The van der Waals surface area contributed by atoms with Gasteiger partial charge in [0, 0.05) is 0 Å². The van der Waals surface area contributed by atoms with Crippen molar-refractivity contribution in [3.63, 3.8) is 0 Å². The monoisotopic (exact) mass is 223 g/mol. The molecule has 82 valence electrons. The number of carbonyl (C=O) groups excluding carboxylic acids is 1. The minimum Gasteiger partial charge on any atom is -0.326 e. The molecule has 0 fully saturated rings. The van der Waals surface area contributed by atoms with E-state index in [1.165, 1.54) is 0 Å². The van der Waals surface area contributed by atoms with E-state index in [9.17, 15) is 9.36 Å². The average Bonchev–Trinajstić information content (AvgIpc) is 2.00. The molecule has 14 heavy (non-hydrogen) atoms. The summed E-state index contributed by atoms with van der Waals surface area (Å²) in [7, 11) is -4.59. The Hall–Kier alpha value is -0.680. The van der Waals surface area contributed by atoms with Gasteiger partial charge in [-0.05, 0) is 12.0 Å². The molecule has 3 N–H and O–H groups in total. The van der Waals surface area contributed by atoms with E-state index in [2.05, 4.69) is 16.4 Å². The molecule has 7 heteroatoms. The van der Waals surface area contributed by atoms with Gasteiger partial charge in [0.15, 0.2) is 0 Å². The van der Waals surface area contributed by atoms with Crippen molar-refractivity contribution in [1.82, 2.24) is 5.32 Å². The molecule has 0 heterocycles. The summed E-state index contributed by atoms with van der Waals surface area (Å²) in [4.78, 5) is 27.9. The molecule has 0 spiro atoms. The highest BCUT2D eigenvalue weighted by molar-refractivity contribution is 7.46. The molecule has 0 saturated heterocycles. The van der Waals surface area contributed by atoms with Crippen LogP contribution in [0.5, 0.6) is 0 Å². The van der Waals surface area contributed by atoms with Crippen LogP contribution in [0.1, 0.15) is 13.8 Å². The lowest BCUT2D eigenvalue weighted by Crippen LogP contribution is -2.38. The predicted molar refractivity (Wildman–Crippen MR) is 50.1 cm³/mol. The Bertz CT molecular complexity index is 259. The molecule has 1 unspecified atom stereocenters. The van der Waals surface area contributed by atoms with Gasteiger partial charge in [0.25, 0.3) is 0 Å². The number of carbonyl (C=O) groups is 1. The SMILES string of the molecule is C=CC(=O)NC(OP(=O)(O)O)C(C)C. The van der Waals surface area contributed by atoms with E-state index in [0.29, 0.717) is 0 Å². The molecule has 0 saturated carbocycles. The molecule has 0 bridgehead atoms. The number of phosphoric ester groups is 1. The largest absolute Gasteiger partial charge is 0.471 e. The van der Waals surface area contributed by atoms with Crippen LogP contribution < -0.4 is 5.32 Å². The zero-order valence-corrected chi connectivity index (χ0v) is 8.90. The standard InChI is InChI=1S/C7H14NO5P/c1-4-6(9)8-7(5(2)3)13-14(10,11)12/h4-5,7H,1H2,2-3H3,(H,8,9)(H2,10,11,12). The molecule has 0 aliphatic carbocycles. The summed E-state index contributed by atoms with van der Waals surface area (Å²) in [6.45, 7) is 6.52. The Balaban J connectivity index is 4.38. The van der Waals surface area contributed by atoms with Gasteiger partial charge < -0.3 is 15.1 Å². The van der Waals surface area contributed by atoms with Gasteiger partial charge in [-0.1, -0.05) is 20.4 Å². The summed E-state index contributed by atoms with van der Waals surface area (Å²) in [6.07, 6.45) is -0.0281. The number of phosphoric acid groups is 1. The number of hydrogen-bond acceptors (Lipinski definition) is 3. The fourth-order valence-electron chi connectivity index (χ4n) is 0.662. The van der Waals surface area contributed by atoms with Gasteiger partial charge in [0.1, 0.15) is 6.23 Å². The third kappa shape index (κ3) is 5.88. The molecule has 0 radical (unpaired) electrons. The van der Waals surface area contributed by atoms with Crippen LogP contribution in [0.2, 0.25) is 0 Å². The summed E-state index contributed by atoms with van der Waals surface area (Å²) in [5, 5.41) is 2.25. The number of nitrogens with one attached hydrogen (secondary N) is 1. The Morgan fingerprint density at radius 2 is 2.07 bits per heavy atom. The van der Waals surface area contributed by atoms with Crippen LogP contribution >= 0.6 is 7.82 Å². The molecule has 1 amide bonds. The normalized spacial score (nSPS) is 13.8. The average molecular weight is 223 g/mol. The van der Waals surface area contributed by atoms with Gasteiger partial charge in [0.05, 0.1) is 0 Å². The van der Waals surface area contributed by atoms with Crippen LogP contribution in [0.25, 0.3) is 0 Å². The lowest BCUT2D eigenvalue weighted by atomic mass is 10.2. The third-order valence-corrected chi connectivity index (χ3v) is 1.83. The van der Waals surface area contributed by atoms with Gasteiger partial charge in [-0.3, -0.25) is 9.32 Å². The molecule has 0 rings (SSSR count). The van der Waals surface area contributed by atoms with Gasteiger partial charge in [-0.2, -0.15) is 0 Å². The van der Waals surface area contributed by atoms with Crippen molar-refractivity contribution < 1.29 is 23.7 Å². The van der Waals surface area contributed by atoms with Crippen molar-refractivity contribution in [2.24, 2.45) is 5.92 Å². The first-order chi connectivity index (χ1) is 6.26. The smallest absolute Gasteiger partial charge is 0.326 e. The lowest BCUT2D eigenvalue weighted by molar-refractivity contribution is -0.119. The number of rotatable bonds is 5. The van der Waals surface area contributed by atoms with Gasteiger partial charge >= 0.3 is 7.82 Å². The van der Waals surface area contributed by atoms with Crippen molar-refractivity contribution in [3.8, 4) is 0 Å². The highest BCUT2D eigenvalue weighted by atomic mass is 31.2. The summed E-state index contributed by atoms with van der Waals surface area (Å²) in [6, 6.07) is 0. The van der Waals surface area contributed by atoms with Crippen molar-refractivity contribution in [2.75, 3.05) is 0 Å². The van der Waals surface area contributed by atoms with E-state index in [-0.39, 0.29) is 5.92 Å². The van der Waals surface area contributed by atoms with Crippen molar-refractivity contribution in [1.29, 1.82) is 0 Å². The van der Waals surface area contributed by atoms with Crippen molar-refractivity contribution >= 4 is 13.7 Å². The first-order valence-corrected chi connectivity index (χ1v) is 5.46. The van der Waals surface area contributed by atoms with Gasteiger partial charge in [0.2, 0.25) is 5.91 Å². The first-order valence-electron chi connectivity index (χ1n) is 3.93. The Morgan fingerprint density at radius 3 is 2.36 bits per heavy atom. The minimum atomic E-state index is -4.59. The second kappa shape index (κ2) is 5.26. The Morgan fingerprint density at radius 1 is 1.57 bits per heavy atom. The predicted octanol–water partition coefficient (Wildman–Crippen LogP) is 0.380. The van der Waals surface area contributed by atoms with Crippen LogP contribution in [0.3, 0.4) is 0 Å². The van der Waals surface area contributed by atoms with E-state index in [1.807, 2.05) is 0 Å². The van der Waals surface area contributed by atoms with E-state index < -0.39 is 20.0 Å². The lowest BCUT2D eigenvalue weighted by Gasteiger charge is -2.21. The molecule has 1 atom stereocenters. The topological polar surface area (TPSA) is 95.9 Å². The number of amides is 1. The highest BCUT2D eigenvalue weighted by Crippen LogP contribution is 2.38. The van der Waals surface area contributed by atoms with Crippen LogP contribution in [-0.4, -0.2) is 21.9 Å². The van der Waals surface area contributed by atoms with E-state index in [4.69, 9.17) is 9.79 Å². The number of hydrogen-bond donors (Lipinski definition) is 3. The zero-order valence-electron chi connectivity index (χ0n) is 8.01. The van der Waals surface area contributed by atoms with Crippen LogP contribution in [0, 0.1) is 5.92 Å². The van der Waals surface area contributed by atoms with Gasteiger partial charge in [-0.15, -0.1) is 0 Å². The molecular formula is C7H14NO5P. The highest BCUT2D eigenvalue weighted by Gasteiger charge is 2.25. The zero-order chi connectivity index (χ0) is 11.4. The maximum absolute atomic E-state index is 10.9. The fraction of sp³-hybridized carbons (Fsp3) is 0.571. The van der Waals surface area contributed by atoms with E-state index >= 15 is 0 Å². The third-order valence-electron chi connectivity index (χ3n) is 1.33. The minimum absolute atomic E-state index is 0.258. The van der Waals surface area contributed by atoms with Crippen molar-refractivity contribution in [3.05, 3.63) is 12.7 Å². The Labute approximate surface area is 82.2 Å².